The van der Waals surface area contributed by atoms with E-state index in [1.807, 2.05) is 42.6 Å². The molecule has 0 atom stereocenters. The Morgan fingerprint density at radius 1 is 1.16 bits per heavy atom. The van der Waals surface area contributed by atoms with Gasteiger partial charge in [-0.25, -0.2) is 4.99 Å². The van der Waals surface area contributed by atoms with Crippen LogP contribution in [-0.2, 0) is 11.3 Å². The Bertz CT molecular complexity index is 686. The van der Waals surface area contributed by atoms with E-state index < -0.39 is 0 Å². The number of fused-ring (bicyclic) bond motifs is 1. The van der Waals surface area contributed by atoms with Gasteiger partial charge in [0, 0.05) is 32.3 Å². The number of rotatable bonds is 8. The molecule has 2 aromatic rings. The quantitative estimate of drug-likeness (QED) is 0.315. The summed E-state index contributed by atoms with van der Waals surface area (Å²) in [5, 5.41) is 17.4. The van der Waals surface area contributed by atoms with Gasteiger partial charge < -0.3 is 16.0 Å². The van der Waals surface area contributed by atoms with Crippen LogP contribution in [0.3, 0.4) is 0 Å². The number of halogens is 1. The number of carbonyl (C=O) groups is 1. The molecule has 2 aromatic heterocycles. The third kappa shape index (κ3) is 6.85. The zero-order valence-electron chi connectivity index (χ0n) is 14.7. The van der Waals surface area contributed by atoms with Crippen LogP contribution in [0.1, 0.15) is 32.5 Å². The summed E-state index contributed by atoms with van der Waals surface area (Å²) in [6.45, 7) is 6.42. The molecule has 2 rings (SSSR count). The molecule has 0 saturated carbocycles. The smallest absolute Gasteiger partial charge is 0.221 e. The van der Waals surface area contributed by atoms with Gasteiger partial charge in [0.15, 0.2) is 17.4 Å². The molecular formula is C16H26IN7O. The second-order valence-electron chi connectivity index (χ2n) is 5.27. The van der Waals surface area contributed by atoms with Gasteiger partial charge in [-0.3, -0.25) is 9.20 Å². The topological polar surface area (TPSA) is 95.7 Å². The van der Waals surface area contributed by atoms with Crippen molar-refractivity contribution < 1.29 is 4.79 Å². The highest BCUT2D eigenvalue weighted by molar-refractivity contribution is 14.0. The van der Waals surface area contributed by atoms with E-state index in [1.165, 1.54) is 0 Å². The van der Waals surface area contributed by atoms with Crippen molar-refractivity contribution in [3.63, 3.8) is 0 Å². The molecule has 9 heteroatoms. The van der Waals surface area contributed by atoms with E-state index >= 15 is 0 Å². The summed E-state index contributed by atoms with van der Waals surface area (Å²) in [7, 11) is 0. The lowest BCUT2D eigenvalue weighted by Crippen LogP contribution is -2.39. The lowest BCUT2D eigenvalue weighted by molar-refractivity contribution is -0.120. The summed E-state index contributed by atoms with van der Waals surface area (Å²) < 4.78 is 1.91. The Hall–Kier alpha value is -1.91. The van der Waals surface area contributed by atoms with E-state index in [0.717, 1.165) is 24.4 Å². The van der Waals surface area contributed by atoms with Gasteiger partial charge in [0.25, 0.3) is 0 Å². The SMILES string of the molecule is CCCNC(=O)CCNC(=NCc1nnc2ccccn12)NCC.I. The highest BCUT2D eigenvalue weighted by Gasteiger charge is 2.05. The van der Waals surface area contributed by atoms with Crippen molar-refractivity contribution in [2.24, 2.45) is 4.99 Å². The van der Waals surface area contributed by atoms with E-state index in [0.29, 0.717) is 32.0 Å². The number of pyridine rings is 1. The Morgan fingerprint density at radius 3 is 2.76 bits per heavy atom. The molecule has 138 valence electrons. The molecule has 3 N–H and O–H groups in total. The zero-order valence-corrected chi connectivity index (χ0v) is 17.0. The highest BCUT2D eigenvalue weighted by Crippen LogP contribution is 2.03. The lowest BCUT2D eigenvalue weighted by atomic mass is 10.4. The van der Waals surface area contributed by atoms with Crippen LogP contribution in [0.25, 0.3) is 5.65 Å². The number of hydrogen-bond acceptors (Lipinski definition) is 4. The number of aliphatic imine (C=N–C) groups is 1. The molecular weight excluding hydrogens is 433 g/mol. The van der Waals surface area contributed by atoms with Crippen LogP contribution in [0.4, 0.5) is 0 Å². The molecule has 0 radical (unpaired) electrons. The minimum absolute atomic E-state index is 0. The summed E-state index contributed by atoms with van der Waals surface area (Å²) in [5.74, 6) is 1.47. The predicted octanol–water partition coefficient (Wildman–Crippen LogP) is 1.32. The maximum atomic E-state index is 11.6. The summed E-state index contributed by atoms with van der Waals surface area (Å²) in [5.41, 5.74) is 0.799. The van der Waals surface area contributed by atoms with E-state index in [2.05, 4.69) is 31.1 Å². The number of aromatic nitrogens is 3. The van der Waals surface area contributed by atoms with Crippen LogP contribution in [0, 0.1) is 0 Å². The Balaban J connectivity index is 0.00000312. The van der Waals surface area contributed by atoms with Crippen LogP contribution < -0.4 is 16.0 Å². The van der Waals surface area contributed by atoms with Crippen molar-refractivity contribution >= 4 is 41.5 Å². The molecule has 1 amide bonds. The molecule has 0 aromatic carbocycles. The molecule has 8 nitrogen and oxygen atoms in total. The minimum atomic E-state index is 0. The van der Waals surface area contributed by atoms with Crippen LogP contribution >= 0.6 is 24.0 Å². The van der Waals surface area contributed by atoms with Crippen molar-refractivity contribution in [2.45, 2.75) is 33.2 Å². The van der Waals surface area contributed by atoms with Gasteiger partial charge in [0.1, 0.15) is 6.54 Å². The van der Waals surface area contributed by atoms with E-state index in [4.69, 9.17) is 0 Å². The molecule has 0 aliphatic carbocycles. The molecule has 2 heterocycles. The van der Waals surface area contributed by atoms with Crippen LogP contribution in [0.5, 0.6) is 0 Å². The molecule has 0 aliphatic heterocycles. The van der Waals surface area contributed by atoms with Crippen LogP contribution in [-0.4, -0.2) is 46.1 Å². The first-order chi connectivity index (χ1) is 11.7. The summed E-state index contributed by atoms with van der Waals surface area (Å²) >= 11 is 0. The fraction of sp³-hybridized carbons (Fsp3) is 0.500. The van der Waals surface area contributed by atoms with Gasteiger partial charge in [-0.15, -0.1) is 34.2 Å². The average molecular weight is 459 g/mol. The van der Waals surface area contributed by atoms with Crippen molar-refractivity contribution in [3.05, 3.63) is 30.2 Å². The van der Waals surface area contributed by atoms with Crippen molar-refractivity contribution in [1.82, 2.24) is 30.5 Å². The van der Waals surface area contributed by atoms with Gasteiger partial charge in [0.05, 0.1) is 0 Å². The summed E-state index contributed by atoms with van der Waals surface area (Å²) in [6.07, 6.45) is 3.27. The van der Waals surface area contributed by atoms with Gasteiger partial charge in [-0.2, -0.15) is 0 Å². The second kappa shape index (κ2) is 11.6. The number of amides is 1. The molecule has 0 spiro atoms. The van der Waals surface area contributed by atoms with Gasteiger partial charge >= 0.3 is 0 Å². The normalized spacial score (nSPS) is 11.0. The van der Waals surface area contributed by atoms with E-state index in [-0.39, 0.29) is 29.9 Å². The molecule has 0 fully saturated rings. The monoisotopic (exact) mass is 459 g/mol. The predicted molar refractivity (Wildman–Crippen MR) is 109 cm³/mol. The van der Waals surface area contributed by atoms with E-state index in [1.54, 1.807) is 0 Å². The number of nitrogens with zero attached hydrogens (tertiary/aromatic N) is 4. The maximum absolute atomic E-state index is 11.6. The summed E-state index contributed by atoms with van der Waals surface area (Å²) in [6, 6.07) is 5.76. The maximum Gasteiger partial charge on any atom is 0.221 e. The fourth-order valence-corrected chi connectivity index (χ4v) is 2.14. The largest absolute Gasteiger partial charge is 0.357 e. The third-order valence-electron chi connectivity index (χ3n) is 3.32. The first kappa shape index (κ1) is 21.1. The van der Waals surface area contributed by atoms with Crippen LogP contribution in [0.15, 0.2) is 29.4 Å². The van der Waals surface area contributed by atoms with Crippen LogP contribution in [0.2, 0.25) is 0 Å². The number of nitrogens with one attached hydrogen (secondary N) is 3. The molecule has 0 aliphatic rings. The highest BCUT2D eigenvalue weighted by atomic mass is 127. The van der Waals surface area contributed by atoms with Crippen molar-refractivity contribution in [1.29, 1.82) is 0 Å². The van der Waals surface area contributed by atoms with Gasteiger partial charge in [-0.1, -0.05) is 13.0 Å². The van der Waals surface area contributed by atoms with E-state index in [9.17, 15) is 4.79 Å². The standard InChI is InChI=1S/C16H25N7O.HI/c1-3-9-18-15(24)8-10-19-16(17-4-2)20-12-14-22-21-13-7-5-6-11-23(13)14;/h5-7,11H,3-4,8-10,12H2,1-2H3,(H,18,24)(H2,17,19,20);1H. The Labute approximate surface area is 164 Å². The van der Waals surface area contributed by atoms with Gasteiger partial charge in [0.2, 0.25) is 5.91 Å². The Kier molecular flexibility index (Phi) is 9.81. The van der Waals surface area contributed by atoms with Crippen molar-refractivity contribution in [3.8, 4) is 0 Å². The fourth-order valence-electron chi connectivity index (χ4n) is 2.14. The molecule has 0 unspecified atom stereocenters. The summed E-state index contributed by atoms with van der Waals surface area (Å²) in [4.78, 5) is 16.1. The van der Waals surface area contributed by atoms with Gasteiger partial charge in [-0.05, 0) is 25.5 Å². The molecule has 0 saturated heterocycles. The molecule has 25 heavy (non-hydrogen) atoms. The first-order valence-electron chi connectivity index (χ1n) is 8.32. The zero-order chi connectivity index (χ0) is 17.2. The first-order valence-corrected chi connectivity index (χ1v) is 8.32. The number of hydrogen-bond donors (Lipinski definition) is 3. The van der Waals surface area contributed by atoms with Crippen molar-refractivity contribution in [2.75, 3.05) is 19.6 Å². The molecule has 0 bridgehead atoms. The minimum Gasteiger partial charge on any atom is -0.357 e. The third-order valence-corrected chi connectivity index (χ3v) is 3.32. The second-order valence-corrected chi connectivity index (χ2v) is 5.27. The average Bonchev–Trinajstić information content (AvgIpc) is 3.01. The number of carbonyl (C=O) groups excluding carboxylic acids is 1. The Morgan fingerprint density at radius 2 is 2.00 bits per heavy atom. The number of guanidine groups is 1. The lowest BCUT2D eigenvalue weighted by Gasteiger charge is -2.11.